The van der Waals surface area contributed by atoms with Gasteiger partial charge in [0.2, 0.25) is 0 Å². The van der Waals surface area contributed by atoms with E-state index in [0.29, 0.717) is 12.0 Å². The molecule has 0 fully saturated rings. The Labute approximate surface area is 77.2 Å². The zero-order valence-corrected chi connectivity index (χ0v) is 9.15. The highest BCUT2D eigenvalue weighted by Gasteiger charge is 2.06. The minimum Gasteiger partial charge on any atom is -0.386 e. The second kappa shape index (κ2) is 5.23. The van der Waals surface area contributed by atoms with Gasteiger partial charge in [-0.1, -0.05) is 34.3 Å². The van der Waals surface area contributed by atoms with Crippen molar-refractivity contribution in [1.82, 2.24) is 5.32 Å². The fourth-order valence-corrected chi connectivity index (χ4v) is 1.25. The highest BCUT2D eigenvalue weighted by molar-refractivity contribution is 4.96. The SMILES string of the molecule is C=C(NC(C)CC(C)C)C(C)C. The number of hydrogen-bond donors (Lipinski definition) is 1. The Kier molecular flexibility index (Phi) is 5.03. The minimum atomic E-state index is 0.541. The van der Waals surface area contributed by atoms with Crippen LogP contribution in [0.25, 0.3) is 0 Å². The summed E-state index contributed by atoms with van der Waals surface area (Å²) in [4.78, 5) is 0. The molecule has 72 valence electrons. The van der Waals surface area contributed by atoms with Crippen LogP contribution >= 0.6 is 0 Å². The molecule has 0 saturated carbocycles. The number of allylic oxidation sites excluding steroid dienone is 1. The minimum absolute atomic E-state index is 0.541. The third-order valence-corrected chi connectivity index (χ3v) is 1.95. The summed E-state index contributed by atoms with van der Waals surface area (Å²) in [6.45, 7) is 15.0. The van der Waals surface area contributed by atoms with Gasteiger partial charge < -0.3 is 5.32 Å². The summed E-state index contributed by atoms with van der Waals surface area (Å²) in [5, 5.41) is 3.42. The van der Waals surface area contributed by atoms with Gasteiger partial charge in [-0.15, -0.1) is 0 Å². The molecule has 1 nitrogen and oxygen atoms in total. The maximum absolute atomic E-state index is 3.99. The van der Waals surface area contributed by atoms with Gasteiger partial charge in [0.05, 0.1) is 0 Å². The van der Waals surface area contributed by atoms with Gasteiger partial charge in [0.1, 0.15) is 0 Å². The van der Waals surface area contributed by atoms with Crippen molar-refractivity contribution in [3.05, 3.63) is 12.3 Å². The van der Waals surface area contributed by atoms with Crippen LogP contribution in [0.15, 0.2) is 12.3 Å². The van der Waals surface area contributed by atoms with Crippen LogP contribution in [0.2, 0.25) is 0 Å². The van der Waals surface area contributed by atoms with Crippen LogP contribution in [0.5, 0.6) is 0 Å². The summed E-state index contributed by atoms with van der Waals surface area (Å²) in [6.07, 6.45) is 1.21. The second-order valence-electron chi connectivity index (χ2n) is 4.35. The number of hydrogen-bond acceptors (Lipinski definition) is 1. The van der Waals surface area contributed by atoms with E-state index in [-0.39, 0.29) is 0 Å². The molecule has 1 unspecified atom stereocenters. The molecule has 12 heavy (non-hydrogen) atoms. The molecule has 0 aliphatic carbocycles. The molecule has 0 aromatic carbocycles. The molecule has 0 radical (unpaired) electrons. The first-order valence-corrected chi connectivity index (χ1v) is 4.88. The zero-order valence-electron chi connectivity index (χ0n) is 9.15. The Hall–Kier alpha value is -0.460. The van der Waals surface area contributed by atoms with E-state index >= 15 is 0 Å². The molecule has 0 heterocycles. The molecule has 0 aliphatic heterocycles. The molecule has 0 aromatic rings. The Morgan fingerprint density at radius 3 is 2.00 bits per heavy atom. The molecule has 0 bridgehead atoms. The summed E-state index contributed by atoms with van der Waals surface area (Å²) in [5.41, 5.74) is 1.16. The van der Waals surface area contributed by atoms with Crippen molar-refractivity contribution in [2.45, 2.75) is 47.1 Å². The van der Waals surface area contributed by atoms with Crippen LogP contribution in [0.4, 0.5) is 0 Å². The third-order valence-electron chi connectivity index (χ3n) is 1.95. The van der Waals surface area contributed by atoms with E-state index in [4.69, 9.17) is 0 Å². The van der Waals surface area contributed by atoms with Crippen molar-refractivity contribution in [3.8, 4) is 0 Å². The smallest absolute Gasteiger partial charge is 0.0232 e. The highest BCUT2D eigenvalue weighted by atomic mass is 14.9. The highest BCUT2D eigenvalue weighted by Crippen LogP contribution is 2.08. The molecule has 1 heteroatoms. The molecule has 0 amide bonds. The van der Waals surface area contributed by atoms with E-state index < -0.39 is 0 Å². The standard InChI is InChI=1S/C11H23N/c1-8(2)7-10(5)12-11(6)9(3)4/h8-10,12H,6-7H2,1-5H3. The summed E-state index contributed by atoms with van der Waals surface area (Å²) in [5.74, 6) is 1.30. The largest absolute Gasteiger partial charge is 0.386 e. The van der Waals surface area contributed by atoms with Crippen LogP contribution in [-0.2, 0) is 0 Å². The molecule has 1 atom stereocenters. The first-order valence-electron chi connectivity index (χ1n) is 4.88. The van der Waals surface area contributed by atoms with Crippen LogP contribution < -0.4 is 5.32 Å². The monoisotopic (exact) mass is 169 g/mol. The van der Waals surface area contributed by atoms with Gasteiger partial charge in [0.25, 0.3) is 0 Å². The van der Waals surface area contributed by atoms with E-state index in [2.05, 4.69) is 46.5 Å². The fourth-order valence-electron chi connectivity index (χ4n) is 1.25. The average molecular weight is 169 g/mol. The van der Waals surface area contributed by atoms with Gasteiger partial charge >= 0.3 is 0 Å². The molecule has 0 saturated heterocycles. The Balaban J connectivity index is 3.69. The lowest BCUT2D eigenvalue weighted by atomic mass is 10.0. The van der Waals surface area contributed by atoms with Crippen molar-refractivity contribution < 1.29 is 0 Å². The number of nitrogens with one attached hydrogen (secondary N) is 1. The second-order valence-corrected chi connectivity index (χ2v) is 4.35. The molecule has 0 aromatic heterocycles. The van der Waals surface area contributed by atoms with Crippen molar-refractivity contribution in [1.29, 1.82) is 0 Å². The Morgan fingerprint density at radius 1 is 1.17 bits per heavy atom. The van der Waals surface area contributed by atoms with Gasteiger partial charge in [-0.25, -0.2) is 0 Å². The molecule has 0 aliphatic rings. The average Bonchev–Trinajstić information content (AvgIpc) is 1.84. The molecule has 1 N–H and O–H groups in total. The van der Waals surface area contributed by atoms with E-state index in [0.717, 1.165) is 11.6 Å². The van der Waals surface area contributed by atoms with E-state index in [1.807, 2.05) is 0 Å². The topological polar surface area (TPSA) is 12.0 Å². The lowest BCUT2D eigenvalue weighted by Crippen LogP contribution is -2.28. The summed E-state index contributed by atoms with van der Waals surface area (Å²) in [6, 6.07) is 0.555. The lowest BCUT2D eigenvalue weighted by Gasteiger charge is -2.20. The van der Waals surface area contributed by atoms with Crippen LogP contribution in [-0.4, -0.2) is 6.04 Å². The molecular formula is C11H23N. The van der Waals surface area contributed by atoms with Crippen molar-refractivity contribution in [2.75, 3.05) is 0 Å². The maximum Gasteiger partial charge on any atom is 0.0232 e. The predicted octanol–water partition coefficient (Wildman–Crippen LogP) is 3.18. The molecular weight excluding hydrogens is 146 g/mol. The molecule has 0 rings (SSSR count). The van der Waals surface area contributed by atoms with Crippen LogP contribution in [0.3, 0.4) is 0 Å². The van der Waals surface area contributed by atoms with Crippen LogP contribution in [0.1, 0.15) is 41.0 Å². The van der Waals surface area contributed by atoms with E-state index in [9.17, 15) is 0 Å². The molecule has 0 spiro atoms. The first-order chi connectivity index (χ1) is 5.43. The van der Waals surface area contributed by atoms with Crippen molar-refractivity contribution in [2.24, 2.45) is 11.8 Å². The first kappa shape index (κ1) is 11.5. The van der Waals surface area contributed by atoms with Crippen LogP contribution in [0, 0.1) is 11.8 Å². The summed E-state index contributed by atoms with van der Waals surface area (Å²) < 4.78 is 0. The summed E-state index contributed by atoms with van der Waals surface area (Å²) >= 11 is 0. The van der Waals surface area contributed by atoms with Gasteiger partial charge in [-0.3, -0.25) is 0 Å². The predicted molar refractivity (Wildman–Crippen MR) is 56.0 cm³/mol. The van der Waals surface area contributed by atoms with Gasteiger partial charge in [-0.2, -0.15) is 0 Å². The van der Waals surface area contributed by atoms with Gasteiger partial charge in [0, 0.05) is 11.7 Å². The summed E-state index contributed by atoms with van der Waals surface area (Å²) in [7, 11) is 0. The van der Waals surface area contributed by atoms with E-state index in [1.165, 1.54) is 6.42 Å². The van der Waals surface area contributed by atoms with Crippen molar-refractivity contribution in [3.63, 3.8) is 0 Å². The van der Waals surface area contributed by atoms with Crippen molar-refractivity contribution >= 4 is 0 Å². The normalized spacial score (nSPS) is 13.6. The lowest BCUT2D eigenvalue weighted by molar-refractivity contribution is 0.455. The zero-order chi connectivity index (χ0) is 9.72. The Morgan fingerprint density at radius 2 is 1.67 bits per heavy atom. The fraction of sp³-hybridized carbons (Fsp3) is 0.818. The maximum atomic E-state index is 3.99. The van der Waals surface area contributed by atoms with Gasteiger partial charge in [-0.05, 0) is 25.2 Å². The third kappa shape index (κ3) is 5.22. The van der Waals surface area contributed by atoms with Gasteiger partial charge in [0.15, 0.2) is 0 Å². The van der Waals surface area contributed by atoms with E-state index in [1.54, 1.807) is 0 Å². The number of rotatable bonds is 5. The Bertz CT molecular complexity index is 136. The quantitative estimate of drug-likeness (QED) is 0.666.